The van der Waals surface area contributed by atoms with Gasteiger partial charge in [0.25, 0.3) is 0 Å². The molecule has 0 radical (unpaired) electrons. The predicted molar refractivity (Wildman–Crippen MR) is 99.8 cm³/mol. The zero-order chi connectivity index (χ0) is 16.9. The lowest BCUT2D eigenvalue weighted by atomic mass is 10.1. The second-order valence-electron chi connectivity index (χ2n) is 6.50. The topological polar surface area (TPSA) is 23.6 Å². The molecule has 0 unspecified atom stereocenters. The highest BCUT2D eigenvalue weighted by Crippen LogP contribution is 2.28. The maximum atomic E-state index is 12.6. The first kappa shape index (κ1) is 16.3. The van der Waals surface area contributed by atoms with Gasteiger partial charge in [0.1, 0.15) is 0 Å². The lowest BCUT2D eigenvalue weighted by molar-refractivity contribution is -0.127. The molecule has 0 bridgehead atoms. The number of benzene rings is 2. The number of nitrogens with zero attached hydrogens (tertiary/aromatic N) is 2. The van der Waals surface area contributed by atoms with Crippen molar-refractivity contribution in [2.75, 3.05) is 19.0 Å². The molecule has 0 aromatic heterocycles. The van der Waals surface area contributed by atoms with E-state index in [0.29, 0.717) is 12.6 Å². The van der Waals surface area contributed by atoms with Crippen molar-refractivity contribution in [1.29, 1.82) is 0 Å². The Hall–Kier alpha value is -2.55. The summed E-state index contributed by atoms with van der Waals surface area (Å²) in [6.07, 6.45) is 5.84. The molecule has 2 aromatic rings. The van der Waals surface area contributed by atoms with Gasteiger partial charge in [-0.05, 0) is 42.2 Å². The largest absolute Gasteiger partial charge is 0.378 e. The lowest BCUT2D eigenvalue weighted by Crippen LogP contribution is -2.31. The van der Waals surface area contributed by atoms with Crippen LogP contribution in [0.2, 0.25) is 0 Å². The number of hydrogen-bond donors (Lipinski definition) is 0. The fourth-order valence-electron chi connectivity index (χ4n) is 2.70. The van der Waals surface area contributed by atoms with E-state index in [0.717, 1.165) is 24.1 Å². The van der Waals surface area contributed by atoms with E-state index in [1.54, 1.807) is 6.08 Å². The molecular formula is C21H24N2O. The molecular weight excluding hydrogens is 296 g/mol. The average Bonchev–Trinajstić information content (AvgIpc) is 3.44. The Morgan fingerprint density at radius 3 is 2.29 bits per heavy atom. The van der Waals surface area contributed by atoms with Crippen LogP contribution in [-0.2, 0) is 11.3 Å². The molecule has 1 aliphatic rings. The molecule has 3 nitrogen and oxygen atoms in total. The van der Waals surface area contributed by atoms with Gasteiger partial charge in [0.05, 0.1) is 0 Å². The molecule has 1 aliphatic carbocycles. The summed E-state index contributed by atoms with van der Waals surface area (Å²) in [7, 11) is 4.04. The smallest absolute Gasteiger partial charge is 0.247 e. The SMILES string of the molecule is CN(C)c1ccc(/C=C/C(=O)N(Cc2ccccc2)C2CC2)cc1. The monoisotopic (exact) mass is 320 g/mol. The van der Waals surface area contributed by atoms with Gasteiger partial charge in [-0.25, -0.2) is 0 Å². The lowest BCUT2D eigenvalue weighted by Gasteiger charge is -2.21. The van der Waals surface area contributed by atoms with Gasteiger partial charge in [0, 0.05) is 38.4 Å². The highest BCUT2D eigenvalue weighted by Gasteiger charge is 2.31. The first-order chi connectivity index (χ1) is 11.6. The van der Waals surface area contributed by atoms with Gasteiger partial charge in [0.15, 0.2) is 0 Å². The normalized spacial score (nSPS) is 13.9. The zero-order valence-corrected chi connectivity index (χ0v) is 14.4. The summed E-state index contributed by atoms with van der Waals surface area (Å²) in [5.41, 5.74) is 3.38. The van der Waals surface area contributed by atoms with Gasteiger partial charge < -0.3 is 9.80 Å². The third-order valence-electron chi connectivity index (χ3n) is 4.29. The van der Waals surface area contributed by atoms with Gasteiger partial charge in [-0.15, -0.1) is 0 Å². The van der Waals surface area contributed by atoms with E-state index in [1.807, 2.05) is 55.4 Å². The van der Waals surface area contributed by atoms with Gasteiger partial charge in [-0.3, -0.25) is 4.79 Å². The van der Waals surface area contributed by atoms with E-state index in [1.165, 1.54) is 5.56 Å². The van der Waals surface area contributed by atoms with Crippen molar-refractivity contribution in [2.24, 2.45) is 0 Å². The summed E-state index contributed by atoms with van der Waals surface area (Å²) in [4.78, 5) is 16.7. The molecule has 1 saturated carbocycles. The van der Waals surface area contributed by atoms with E-state index in [4.69, 9.17) is 0 Å². The minimum atomic E-state index is 0.0954. The molecule has 2 aromatic carbocycles. The molecule has 0 aliphatic heterocycles. The molecule has 0 spiro atoms. The van der Waals surface area contributed by atoms with Crippen LogP contribution in [0.15, 0.2) is 60.7 Å². The van der Waals surface area contributed by atoms with Crippen LogP contribution in [0.5, 0.6) is 0 Å². The molecule has 3 heteroatoms. The van der Waals surface area contributed by atoms with Crippen LogP contribution in [0.3, 0.4) is 0 Å². The van der Waals surface area contributed by atoms with Gasteiger partial charge in [0.2, 0.25) is 5.91 Å². The fraction of sp³-hybridized carbons (Fsp3) is 0.286. The quantitative estimate of drug-likeness (QED) is 0.752. The van der Waals surface area contributed by atoms with Crippen LogP contribution in [0, 0.1) is 0 Å². The molecule has 1 amide bonds. The van der Waals surface area contributed by atoms with Crippen LogP contribution >= 0.6 is 0 Å². The van der Waals surface area contributed by atoms with E-state index in [-0.39, 0.29) is 5.91 Å². The number of amides is 1. The highest BCUT2D eigenvalue weighted by molar-refractivity contribution is 5.92. The first-order valence-electron chi connectivity index (χ1n) is 8.43. The van der Waals surface area contributed by atoms with E-state index < -0.39 is 0 Å². The number of anilines is 1. The Morgan fingerprint density at radius 1 is 1.04 bits per heavy atom. The van der Waals surface area contributed by atoms with Crippen LogP contribution < -0.4 is 4.90 Å². The summed E-state index contributed by atoms with van der Waals surface area (Å²) in [6.45, 7) is 0.689. The summed E-state index contributed by atoms with van der Waals surface area (Å²) in [6, 6.07) is 18.8. The molecule has 0 saturated heterocycles. The van der Waals surface area contributed by atoms with Crippen molar-refractivity contribution in [3.63, 3.8) is 0 Å². The van der Waals surface area contributed by atoms with E-state index in [9.17, 15) is 4.79 Å². The summed E-state index contributed by atoms with van der Waals surface area (Å²) in [5.74, 6) is 0.0954. The molecule has 124 valence electrons. The zero-order valence-electron chi connectivity index (χ0n) is 14.4. The van der Waals surface area contributed by atoms with Gasteiger partial charge in [-0.1, -0.05) is 42.5 Å². The Bertz CT molecular complexity index is 700. The average molecular weight is 320 g/mol. The molecule has 24 heavy (non-hydrogen) atoms. The fourth-order valence-corrected chi connectivity index (χ4v) is 2.70. The molecule has 0 heterocycles. The Labute approximate surface area is 144 Å². The first-order valence-corrected chi connectivity index (χ1v) is 8.43. The minimum absolute atomic E-state index is 0.0954. The minimum Gasteiger partial charge on any atom is -0.378 e. The highest BCUT2D eigenvalue weighted by atomic mass is 16.2. The molecule has 0 atom stereocenters. The third-order valence-corrected chi connectivity index (χ3v) is 4.29. The van der Waals surface area contributed by atoms with E-state index >= 15 is 0 Å². The maximum absolute atomic E-state index is 12.6. The van der Waals surface area contributed by atoms with Gasteiger partial charge >= 0.3 is 0 Å². The third kappa shape index (κ3) is 4.25. The van der Waals surface area contributed by atoms with Crippen LogP contribution in [-0.4, -0.2) is 30.9 Å². The maximum Gasteiger partial charge on any atom is 0.247 e. The number of carbonyl (C=O) groups is 1. The molecule has 3 rings (SSSR count). The Balaban J connectivity index is 1.67. The molecule has 1 fully saturated rings. The number of hydrogen-bond acceptors (Lipinski definition) is 2. The standard InChI is InChI=1S/C21H24N2O/c1-22(2)19-11-8-17(9-12-19)10-15-21(24)23(20-13-14-20)16-18-6-4-3-5-7-18/h3-12,15,20H,13-14,16H2,1-2H3/b15-10+. The van der Waals surface area contributed by atoms with E-state index in [2.05, 4.69) is 29.2 Å². The second-order valence-corrected chi connectivity index (χ2v) is 6.50. The Kier molecular flexibility index (Phi) is 4.99. The summed E-state index contributed by atoms with van der Waals surface area (Å²) in [5, 5.41) is 0. The predicted octanol–water partition coefficient (Wildman–Crippen LogP) is 3.96. The van der Waals surface area contributed by atoms with Crippen molar-refractivity contribution in [3.05, 3.63) is 71.8 Å². The Morgan fingerprint density at radius 2 is 1.71 bits per heavy atom. The number of rotatable bonds is 6. The summed E-state index contributed by atoms with van der Waals surface area (Å²) >= 11 is 0. The van der Waals surface area contributed by atoms with Crippen molar-refractivity contribution >= 4 is 17.7 Å². The van der Waals surface area contributed by atoms with Gasteiger partial charge in [-0.2, -0.15) is 0 Å². The number of carbonyl (C=O) groups excluding carboxylic acids is 1. The van der Waals surface area contributed by atoms with Crippen molar-refractivity contribution in [1.82, 2.24) is 4.90 Å². The van der Waals surface area contributed by atoms with Crippen LogP contribution in [0.4, 0.5) is 5.69 Å². The van der Waals surface area contributed by atoms with Crippen molar-refractivity contribution in [3.8, 4) is 0 Å². The van der Waals surface area contributed by atoms with Crippen molar-refractivity contribution < 1.29 is 4.79 Å². The van der Waals surface area contributed by atoms with Crippen LogP contribution in [0.25, 0.3) is 6.08 Å². The molecule has 0 N–H and O–H groups in total. The second kappa shape index (κ2) is 7.35. The van der Waals surface area contributed by atoms with Crippen molar-refractivity contribution in [2.45, 2.75) is 25.4 Å². The summed E-state index contributed by atoms with van der Waals surface area (Å²) < 4.78 is 0. The van der Waals surface area contributed by atoms with Crippen LogP contribution in [0.1, 0.15) is 24.0 Å².